The average molecular weight is 207 g/mol. The Bertz CT molecular complexity index is 317. The summed E-state index contributed by atoms with van der Waals surface area (Å²) >= 11 is 0. The van der Waals surface area contributed by atoms with E-state index in [1.807, 2.05) is 31.2 Å². The van der Waals surface area contributed by atoms with E-state index in [1.165, 1.54) is 5.56 Å². The molecule has 1 atom stereocenters. The minimum Gasteiger partial charge on any atom is -0.392 e. The number of aliphatic hydroxyl groups excluding tert-OH is 1. The van der Waals surface area contributed by atoms with E-state index in [2.05, 4.69) is 5.32 Å². The van der Waals surface area contributed by atoms with Crippen molar-refractivity contribution in [2.45, 2.75) is 26.4 Å². The number of aryl methyl sites for hydroxylation is 1. The number of hydrogen-bond donors (Lipinski definition) is 2. The van der Waals surface area contributed by atoms with E-state index in [1.54, 1.807) is 6.92 Å². The summed E-state index contributed by atoms with van der Waals surface area (Å²) in [6.07, 6.45) is -0.125. The molecule has 3 heteroatoms. The Balaban J connectivity index is 2.41. The zero-order valence-corrected chi connectivity index (χ0v) is 9.16. The van der Waals surface area contributed by atoms with Crippen molar-refractivity contribution in [2.75, 3.05) is 6.54 Å². The fourth-order valence-corrected chi connectivity index (χ4v) is 1.22. The van der Waals surface area contributed by atoms with E-state index in [0.717, 1.165) is 5.56 Å². The molecule has 0 saturated carbocycles. The number of hydrogen-bond acceptors (Lipinski definition) is 2. The first kappa shape index (κ1) is 11.7. The number of aliphatic hydroxyl groups is 1. The molecule has 0 aliphatic heterocycles. The van der Waals surface area contributed by atoms with Crippen molar-refractivity contribution in [3.8, 4) is 0 Å². The molecule has 15 heavy (non-hydrogen) atoms. The Morgan fingerprint density at radius 3 is 2.53 bits per heavy atom. The van der Waals surface area contributed by atoms with Crippen molar-refractivity contribution in [1.82, 2.24) is 5.32 Å². The van der Waals surface area contributed by atoms with Gasteiger partial charge in [0.05, 0.1) is 12.5 Å². The molecule has 0 aliphatic rings. The number of benzene rings is 1. The fourth-order valence-electron chi connectivity index (χ4n) is 1.22. The fraction of sp³-hybridized carbons (Fsp3) is 0.417. The van der Waals surface area contributed by atoms with Gasteiger partial charge in [-0.2, -0.15) is 0 Å². The number of carbonyl (C=O) groups excluding carboxylic acids is 1. The standard InChI is InChI=1S/C12H17NO2/c1-9-3-5-11(6-4-9)7-12(15)13-8-10(2)14/h3-6,10,14H,7-8H2,1-2H3,(H,13,15)/t10-/m1/s1. The van der Waals surface area contributed by atoms with Gasteiger partial charge in [-0.15, -0.1) is 0 Å². The molecule has 1 aromatic carbocycles. The summed E-state index contributed by atoms with van der Waals surface area (Å²) in [5.74, 6) is -0.0558. The summed E-state index contributed by atoms with van der Waals surface area (Å²) in [5, 5.41) is 11.6. The van der Waals surface area contributed by atoms with Crippen LogP contribution in [0.1, 0.15) is 18.1 Å². The van der Waals surface area contributed by atoms with Crippen molar-refractivity contribution in [2.24, 2.45) is 0 Å². The molecular formula is C12H17NO2. The first-order chi connectivity index (χ1) is 7.08. The zero-order valence-electron chi connectivity index (χ0n) is 9.16. The third-order valence-corrected chi connectivity index (χ3v) is 2.08. The SMILES string of the molecule is Cc1ccc(CC(=O)NC[C@@H](C)O)cc1. The van der Waals surface area contributed by atoms with Gasteiger partial charge in [0.1, 0.15) is 0 Å². The van der Waals surface area contributed by atoms with Gasteiger partial charge in [0.25, 0.3) is 0 Å². The number of nitrogens with one attached hydrogen (secondary N) is 1. The molecule has 82 valence electrons. The lowest BCUT2D eigenvalue weighted by molar-refractivity contribution is -0.120. The van der Waals surface area contributed by atoms with E-state index in [9.17, 15) is 4.79 Å². The first-order valence-electron chi connectivity index (χ1n) is 5.08. The second-order valence-electron chi connectivity index (χ2n) is 3.82. The van der Waals surface area contributed by atoms with Crippen molar-refractivity contribution in [1.29, 1.82) is 0 Å². The molecule has 0 aliphatic carbocycles. The highest BCUT2D eigenvalue weighted by molar-refractivity contribution is 5.78. The van der Waals surface area contributed by atoms with Crippen LogP contribution in [0.2, 0.25) is 0 Å². The van der Waals surface area contributed by atoms with Crippen LogP contribution in [0, 0.1) is 6.92 Å². The molecule has 0 aromatic heterocycles. The molecule has 0 saturated heterocycles. The molecule has 3 nitrogen and oxygen atoms in total. The normalized spacial score (nSPS) is 12.2. The van der Waals surface area contributed by atoms with Gasteiger partial charge in [-0.1, -0.05) is 29.8 Å². The molecule has 0 spiro atoms. The second kappa shape index (κ2) is 5.51. The molecule has 0 radical (unpaired) electrons. The monoisotopic (exact) mass is 207 g/mol. The van der Waals surface area contributed by atoms with Gasteiger partial charge in [-0.3, -0.25) is 4.79 Å². The van der Waals surface area contributed by atoms with Gasteiger partial charge in [0.2, 0.25) is 5.91 Å². The van der Waals surface area contributed by atoms with Crippen molar-refractivity contribution < 1.29 is 9.90 Å². The molecule has 1 aromatic rings. The van der Waals surface area contributed by atoms with Crippen LogP contribution in [0.3, 0.4) is 0 Å². The lowest BCUT2D eigenvalue weighted by atomic mass is 10.1. The Hall–Kier alpha value is -1.35. The van der Waals surface area contributed by atoms with Crippen LogP contribution in [0.4, 0.5) is 0 Å². The topological polar surface area (TPSA) is 49.3 Å². The van der Waals surface area contributed by atoms with Crippen LogP contribution >= 0.6 is 0 Å². The van der Waals surface area contributed by atoms with Gasteiger partial charge in [0, 0.05) is 6.54 Å². The van der Waals surface area contributed by atoms with E-state index in [-0.39, 0.29) is 5.91 Å². The van der Waals surface area contributed by atoms with Crippen LogP contribution in [-0.2, 0) is 11.2 Å². The molecule has 2 N–H and O–H groups in total. The van der Waals surface area contributed by atoms with Crippen molar-refractivity contribution in [3.63, 3.8) is 0 Å². The largest absolute Gasteiger partial charge is 0.392 e. The summed E-state index contributed by atoms with van der Waals surface area (Å²) in [7, 11) is 0. The minimum absolute atomic E-state index is 0.0558. The van der Waals surface area contributed by atoms with Gasteiger partial charge >= 0.3 is 0 Å². The van der Waals surface area contributed by atoms with Gasteiger partial charge in [-0.25, -0.2) is 0 Å². The van der Waals surface area contributed by atoms with Crippen LogP contribution in [0.15, 0.2) is 24.3 Å². The average Bonchev–Trinajstić information content (AvgIpc) is 2.19. The molecular weight excluding hydrogens is 190 g/mol. The maximum absolute atomic E-state index is 11.4. The summed E-state index contributed by atoms with van der Waals surface area (Å²) in [4.78, 5) is 11.4. The molecule has 0 bridgehead atoms. The smallest absolute Gasteiger partial charge is 0.224 e. The third kappa shape index (κ3) is 4.61. The quantitative estimate of drug-likeness (QED) is 0.775. The van der Waals surface area contributed by atoms with E-state index in [0.29, 0.717) is 13.0 Å². The van der Waals surface area contributed by atoms with Crippen molar-refractivity contribution >= 4 is 5.91 Å². The van der Waals surface area contributed by atoms with Crippen LogP contribution < -0.4 is 5.32 Å². The maximum Gasteiger partial charge on any atom is 0.224 e. The highest BCUT2D eigenvalue weighted by atomic mass is 16.3. The first-order valence-corrected chi connectivity index (χ1v) is 5.08. The van der Waals surface area contributed by atoms with Crippen LogP contribution in [0.5, 0.6) is 0 Å². The molecule has 1 rings (SSSR count). The number of rotatable bonds is 4. The molecule has 0 heterocycles. The minimum atomic E-state index is -0.494. The van der Waals surface area contributed by atoms with Crippen LogP contribution in [-0.4, -0.2) is 23.7 Å². The molecule has 0 unspecified atom stereocenters. The Morgan fingerprint density at radius 1 is 1.40 bits per heavy atom. The number of carbonyl (C=O) groups is 1. The lowest BCUT2D eigenvalue weighted by Gasteiger charge is -2.07. The molecule has 1 amide bonds. The highest BCUT2D eigenvalue weighted by Gasteiger charge is 2.03. The molecule has 0 fully saturated rings. The lowest BCUT2D eigenvalue weighted by Crippen LogP contribution is -2.31. The van der Waals surface area contributed by atoms with E-state index in [4.69, 9.17) is 5.11 Å². The van der Waals surface area contributed by atoms with Gasteiger partial charge in [0.15, 0.2) is 0 Å². The van der Waals surface area contributed by atoms with Crippen LogP contribution in [0.25, 0.3) is 0 Å². The third-order valence-electron chi connectivity index (χ3n) is 2.08. The second-order valence-corrected chi connectivity index (χ2v) is 3.82. The summed E-state index contributed by atoms with van der Waals surface area (Å²) in [5.41, 5.74) is 2.17. The maximum atomic E-state index is 11.4. The number of amides is 1. The Labute approximate surface area is 90.1 Å². The summed E-state index contributed by atoms with van der Waals surface area (Å²) < 4.78 is 0. The predicted molar refractivity (Wildman–Crippen MR) is 59.6 cm³/mol. The van der Waals surface area contributed by atoms with Gasteiger partial charge in [-0.05, 0) is 19.4 Å². The predicted octanol–water partition coefficient (Wildman–Crippen LogP) is 1.03. The van der Waals surface area contributed by atoms with Crippen molar-refractivity contribution in [3.05, 3.63) is 35.4 Å². The van der Waals surface area contributed by atoms with E-state index < -0.39 is 6.10 Å². The van der Waals surface area contributed by atoms with E-state index >= 15 is 0 Å². The Kier molecular flexibility index (Phi) is 4.31. The summed E-state index contributed by atoms with van der Waals surface area (Å²) in [6, 6.07) is 7.85. The summed E-state index contributed by atoms with van der Waals surface area (Å²) in [6.45, 7) is 3.97. The zero-order chi connectivity index (χ0) is 11.3. The van der Waals surface area contributed by atoms with Gasteiger partial charge < -0.3 is 10.4 Å². The highest BCUT2D eigenvalue weighted by Crippen LogP contribution is 2.03. The Morgan fingerprint density at radius 2 is 2.00 bits per heavy atom.